The number of hydrogen-bond donors (Lipinski definition) is 1. The maximum absolute atomic E-state index is 13.1. The topological polar surface area (TPSA) is 62.4 Å². The molecule has 0 unspecified atom stereocenters. The van der Waals surface area contributed by atoms with Crippen molar-refractivity contribution in [2.45, 2.75) is 38.2 Å². The molecular formula is C24H26N2O3. The first-order valence-electron chi connectivity index (χ1n) is 10.3. The molecule has 1 N–H and O–H groups in total. The summed E-state index contributed by atoms with van der Waals surface area (Å²) in [5, 5.41) is 1.12. The summed E-state index contributed by atoms with van der Waals surface area (Å²) >= 11 is 0. The maximum Gasteiger partial charge on any atom is 0.307 e. The number of nitrogens with zero attached hydrogens (tertiary/aromatic N) is 1. The van der Waals surface area contributed by atoms with Crippen molar-refractivity contribution in [1.29, 1.82) is 0 Å². The van der Waals surface area contributed by atoms with Gasteiger partial charge in [-0.3, -0.25) is 9.59 Å². The average molecular weight is 390 g/mol. The van der Waals surface area contributed by atoms with Crippen molar-refractivity contribution in [3.63, 3.8) is 0 Å². The normalized spacial score (nSPS) is 15.2. The number of esters is 1. The second-order valence-electron chi connectivity index (χ2n) is 7.53. The highest BCUT2D eigenvalue weighted by Gasteiger charge is 2.30. The van der Waals surface area contributed by atoms with Crippen LogP contribution in [0.15, 0.2) is 60.8 Å². The molecule has 4 rings (SSSR count). The van der Waals surface area contributed by atoms with Gasteiger partial charge in [-0.25, -0.2) is 0 Å². The number of piperidine rings is 1. The van der Waals surface area contributed by atoms with Crippen LogP contribution in [0.3, 0.4) is 0 Å². The monoisotopic (exact) mass is 390 g/mol. The summed E-state index contributed by atoms with van der Waals surface area (Å²) in [5.41, 5.74) is 2.86. The van der Waals surface area contributed by atoms with Crippen LogP contribution in [0.2, 0.25) is 0 Å². The number of para-hydroxylation sites is 1. The zero-order valence-electron chi connectivity index (χ0n) is 16.5. The molecule has 1 aromatic heterocycles. The molecule has 0 aliphatic carbocycles. The van der Waals surface area contributed by atoms with Gasteiger partial charge in [-0.15, -0.1) is 0 Å². The summed E-state index contributed by atoms with van der Waals surface area (Å²) < 4.78 is 5.72. The van der Waals surface area contributed by atoms with Crippen molar-refractivity contribution in [3.8, 4) is 0 Å². The highest BCUT2D eigenvalue weighted by Crippen LogP contribution is 2.24. The number of ether oxygens (including phenoxy) is 1. The van der Waals surface area contributed by atoms with E-state index in [0.29, 0.717) is 6.42 Å². The van der Waals surface area contributed by atoms with Gasteiger partial charge in [-0.1, -0.05) is 48.5 Å². The molecule has 1 saturated heterocycles. The van der Waals surface area contributed by atoms with Gasteiger partial charge in [0.05, 0.1) is 0 Å². The zero-order chi connectivity index (χ0) is 20.1. The van der Waals surface area contributed by atoms with Crippen LogP contribution >= 0.6 is 0 Å². The van der Waals surface area contributed by atoms with Crippen LogP contribution in [0.4, 0.5) is 0 Å². The summed E-state index contributed by atoms with van der Waals surface area (Å²) in [6, 6.07) is 17.3. The van der Waals surface area contributed by atoms with Crippen LogP contribution in [0.25, 0.3) is 10.9 Å². The van der Waals surface area contributed by atoms with Crippen molar-refractivity contribution in [3.05, 3.63) is 71.9 Å². The zero-order valence-corrected chi connectivity index (χ0v) is 16.5. The molecule has 2 aromatic carbocycles. The summed E-state index contributed by atoms with van der Waals surface area (Å²) in [5.74, 6) is -0.467. The number of hydrogen-bond acceptors (Lipinski definition) is 3. The van der Waals surface area contributed by atoms with Gasteiger partial charge in [-0.05, 0) is 37.3 Å². The largest absolute Gasteiger partial charge is 0.447 e. The molecule has 3 aromatic rings. The van der Waals surface area contributed by atoms with E-state index in [9.17, 15) is 9.59 Å². The quantitative estimate of drug-likeness (QED) is 0.635. The van der Waals surface area contributed by atoms with Crippen LogP contribution in [0, 0.1) is 0 Å². The molecule has 0 spiro atoms. The standard InChI is InChI=1S/C24H26N2O3/c27-22(14-13-19-17-25-21-12-6-5-11-20(19)21)29-23(18-9-3-1-4-10-18)24(28)26-15-7-2-8-16-26/h1,3-6,9-12,17,23,25H,2,7-8,13-16H2/t23-/m1/s1. The third kappa shape index (κ3) is 4.50. The van der Waals surface area contributed by atoms with E-state index in [1.165, 1.54) is 0 Å². The fourth-order valence-electron chi connectivity index (χ4n) is 3.93. The second-order valence-corrected chi connectivity index (χ2v) is 7.53. The molecule has 1 amide bonds. The SMILES string of the molecule is O=C(CCc1c[nH]c2ccccc12)O[C@@H](C(=O)N1CCCCC1)c1ccccc1. The number of H-pyrrole nitrogens is 1. The number of aromatic amines is 1. The Morgan fingerprint density at radius 1 is 0.966 bits per heavy atom. The Morgan fingerprint density at radius 3 is 2.48 bits per heavy atom. The van der Waals surface area contributed by atoms with E-state index in [1.54, 1.807) is 0 Å². The summed E-state index contributed by atoms with van der Waals surface area (Å²) in [6.45, 7) is 1.46. The van der Waals surface area contributed by atoms with Gasteiger partial charge in [0.25, 0.3) is 5.91 Å². The molecule has 0 saturated carbocycles. The Kier molecular flexibility index (Phi) is 5.94. The molecule has 1 fully saturated rings. The van der Waals surface area contributed by atoms with Crippen LogP contribution in [0.1, 0.15) is 42.9 Å². The lowest BCUT2D eigenvalue weighted by atomic mass is 10.1. The highest BCUT2D eigenvalue weighted by molar-refractivity contribution is 5.86. The predicted molar refractivity (Wildman–Crippen MR) is 112 cm³/mol. The molecule has 0 radical (unpaired) electrons. The Morgan fingerprint density at radius 2 is 1.69 bits per heavy atom. The van der Waals surface area contributed by atoms with Crippen molar-refractivity contribution in [2.24, 2.45) is 0 Å². The first-order valence-corrected chi connectivity index (χ1v) is 10.3. The number of rotatable bonds is 6. The summed E-state index contributed by atoms with van der Waals surface area (Å²) in [6.07, 6.45) is 5.02. The fraction of sp³-hybridized carbons (Fsp3) is 0.333. The predicted octanol–water partition coefficient (Wildman–Crippen LogP) is 4.40. The Labute approximate surface area is 170 Å². The lowest BCUT2D eigenvalue weighted by Gasteiger charge is -2.30. The van der Waals surface area contributed by atoms with Crippen LogP contribution in [-0.2, 0) is 20.7 Å². The van der Waals surface area contributed by atoms with Gasteiger partial charge in [0.1, 0.15) is 0 Å². The Bertz CT molecular complexity index is 974. The molecule has 5 heteroatoms. The molecule has 29 heavy (non-hydrogen) atoms. The van der Waals surface area contributed by atoms with Crippen molar-refractivity contribution >= 4 is 22.8 Å². The summed E-state index contributed by atoms with van der Waals surface area (Å²) in [7, 11) is 0. The van der Waals surface area contributed by atoms with Gasteiger partial charge >= 0.3 is 5.97 Å². The highest BCUT2D eigenvalue weighted by atomic mass is 16.5. The maximum atomic E-state index is 13.1. The van der Waals surface area contributed by atoms with E-state index in [1.807, 2.05) is 65.7 Å². The van der Waals surface area contributed by atoms with Crippen molar-refractivity contribution in [1.82, 2.24) is 9.88 Å². The third-order valence-electron chi connectivity index (χ3n) is 5.52. The second kappa shape index (κ2) is 8.95. The van der Waals surface area contributed by atoms with Gasteiger partial charge in [0.15, 0.2) is 0 Å². The third-order valence-corrected chi connectivity index (χ3v) is 5.52. The molecule has 150 valence electrons. The molecule has 2 heterocycles. The average Bonchev–Trinajstić information content (AvgIpc) is 3.20. The van der Waals surface area contributed by atoms with E-state index in [4.69, 9.17) is 4.74 Å². The minimum atomic E-state index is -0.871. The number of aryl methyl sites for hydroxylation is 1. The number of amides is 1. The number of likely N-dealkylation sites (tertiary alicyclic amines) is 1. The molecule has 1 aliphatic heterocycles. The van der Waals surface area contributed by atoms with E-state index < -0.39 is 6.10 Å². The first kappa shape index (κ1) is 19.2. The van der Waals surface area contributed by atoms with Gasteiger partial charge in [0, 0.05) is 42.2 Å². The van der Waals surface area contributed by atoms with E-state index in [2.05, 4.69) is 4.98 Å². The number of carbonyl (C=O) groups is 2. The number of benzene rings is 2. The Balaban J connectivity index is 1.45. The molecule has 1 aliphatic rings. The molecule has 0 bridgehead atoms. The van der Waals surface area contributed by atoms with Crippen LogP contribution in [0.5, 0.6) is 0 Å². The van der Waals surface area contributed by atoms with Gasteiger partial charge in [-0.2, -0.15) is 0 Å². The van der Waals surface area contributed by atoms with Crippen LogP contribution < -0.4 is 0 Å². The van der Waals surface area contributed by atoms with Crippen molar-refractivity contribution < 1.29 is 14.3 Å². The molecule has 5 nitrogen and oxygen atoms in total. The number of fused-ring (bicyclic) bond motifs is 1. The van der Waals surface area contributed by atoms with Gasteiger partial charge in [0.2, 0.25) is 6.10 Å². The summed E-state index contributed by atoms with van der Waals surface area (Å²) in [4.78, 5) is 30.8. The molecule has 1 atom stereocenters. The number of aromatic nitrogens is 1. The number of nitrogens with one attached hydrogen (secondary N) is 1. The lowest BCUT2D eigenvalue weighted by molar-refractivity contribution is -0.161. The smallest absolute Gasteiger partial charge is 0.307 e. The lowest BCUT2D eigenvalue weighted by Crippen LogP contribution is -2.40. The first-order chi connectivity index (χ1) is 14.2. The van der Waals surface area contributed by atoms with E-state index >= 15 is 0 Å². The minimum absolute atomic E-state index is 0.114. The van der Waals surface area contributed by atoms with Gasteiger partial charge < -0.3 is 14.6 Å². The van der Waals surface area contributed by atoms with Crippen molar-refractivity contribution in [2.75, 3.05) is 13.1 Å². The number of carbonyl (C=O) groups excluding carboxylic acids is 2. The minimum Gasteiger partial charge on any atom is -0.447 e. The molecular weight excluding hydrogens is 364 g/mol. The Hall–Kier alpha value is -3.08. The van der Waals surface area contributed by atoms with Crippen LogP contribution in [-0.4, -0.2) is 34.8 Å². The van der Waals surface area contributed by atoms with E-state index in [-0.39, 0.29) is 18.3 Å². The van der Waals surface area contributed by atoms with E-state index in [0.717, 1.165) is 54.4 Å². The fourth-order valence-corrected chi connectivity index (χ4v) is 3.93.